The average molecular weight is 369 g/mol. The van der Waals surface area contributed by atoms with E-state index in [1.54, 1.807) is 0 Å². The first-order chi connectivity index (χ1) is 12.8. The van der Waals surface area contributed by atoms with Crippen LogP contribution in [-0.4, -0.2) is 23.9 Å². The highest BCUT2D eigenvalue weighted by atomic mass is 16.5. The molecule has 0 atom stereocenters. The fourth-order valence-electron chi connectivity index (χ4n) is 4.15. The molecule has 1 N–H and O–H groups in total. The Morgan fingerprint density at radius 3 is 1.58 bits per heavy atom. The number of rotatable bonds is 6. The van der Waals surface area contributed by atoms with Crippen LogP contribution in [0.4, 0.5) is 0 Å². The summed E-state index contributed by atoms with van der Waals surface area (Å²) >= 11 is 0. The van der Waals surface area contributed by atoms with E-state index in [-0.39, 0.29) is 6.10 Å². The molecule has 0 bridgehead atoms. The predicted octanol–water partition coefficient (Wildman–Crippen LogP) is 7.57. The largest absolute Gasteiger partial charge is 0.393 e. The molecule has 2 nitrogen and oxygen atoms in total. The first-order valence-corrected chi connectivity index (χ1v) is 12.1. The van der Waals surface area contributed by atoms with Crippen LogP contribution in [0.5, 0.6) is 0 Å². The van der Waals surface area contributed by atoms with Crippen molar-refractivity contribution in [2.45, 2.75) is 148 Å². The summed E-state index contributed by atoms with van der Waals surface area (Å²) in [6.45, 7) is 3.25. The Hall–Kier alpha value is -0.0800. The van der Waals surface area contributed by atoms with E-state index in [9.17, 15) is 5.11 Å². The molecule has 26 heavy (non-hydrogen) atoms. The van der Waals surface area contributed by atoms with E-state index in [2.05, 4.69) is 6.92 Å². The van der Waals surface area contributed by atoms with E-state index >= 15 is 0 Å². The summed E-state index contributed by atoms with van der Waals surface area (Å²) in [5.41, 5.74) is 0. The zero-order valence-electron chi connectivity index (χ0n) is 17.9. The van der Waals surface area contributed by atoms with Gasteiger partial charge in [0.05, 0.1) is 12.2 Å². The second-order valence-corrected chi connectivity index (χ2v) is 8.60. The summed E-state index contributed by atoms with van der Waals surface area (Å²) in [6.07, 6.45) is 26.1. The van der Waals surface area contributed by atoms with Gasteiger partial charge in [-0.1, -0.05) is 103 Å². The molecular formula is C24H48O2. The molecule has 0 amide bonds. The summed E-state index contributed by atoms with van der Waals surface area (Å²) in [5.74, 6) is 0. The Balaban J connectivity index is 2.24. The zero-order chi connectivity index (χ0) is 18.7. The van der Waals surface area contributed by atoms with Crippen molar-refractivity contribution in [3.8, 4) is 0 Å². The van der Waals surface area contributed by atoms with Crippen molar-refractivity contribution in [2.75, 3.05) is 6.61 Å². The highest BCUT2D eigenvalue weighted by Gasteiger charge is 2.09. The first kappa shape index (κ1) is 24.0. The second kappa shape index (κ2) is 18.3. The molecule has 0 aliphatic heterocycles. The van der Waals surface area contributed by atoms with Crippen LogP contribution in [0.3, 0.4) is 0 Å². The van der Waals surface area contributed by atoms with Crippen molar-refractivity contribution < 1.29 is 9.84 Å². The van der Waals surface area contributed by atoms with E-state index in [1.165, 1.54) is 116 Å². The quantitative estimate of drug-likeness (QED) is 0.490. The molecule has 0 spiro atoms. The van der Waals surface area contributed by atoms with E-state index in [1.807, 2.05) is 0 Å². The Kier molecular flexibility index (Phi) is 16.9. The summed E-state index contributed by atoms with van der Waals surface area (Å²) in [6, 6.07) is 0. The lowest BCUT2D eigenvalue weighted by molar-refractivity contribution is 0.0357. The second-order valence-electron chi connectivity index (χ2n) is 8.60. The Morgan fingerprint density at radius 1 is 0.615 bits per heavy atom. The van der Waals surface area contributed by atoms with Crippen molar-refractivity contribution in [1.29, 1.82) is 0 Å². The smallest absolute Gasteiger partial charge is 0.0575 e. The van der Waals surface area contributed by atoms with Gasteiger partial charge in [0.1, 0.15) is 0 Å². The van der Waals surface area contributed by atoms with E-state index in [0.717, 1.165) is 19.4 Å². The van der Waals surface area contributed by atoms with Gasteiger partial charge in [-0.15, -0.1) is 0 Å². The van der Waals surface area contributed by atoms with Gasteiger partial charge in [-0.2, -0.15) is 0 Å². The molecule has 1 rings (SSSR count). The zero-order valence-corrected chi connectivity index (χ0v) is 17.9. The Labute approximate surface area is 164 Å². The number of ether oxygens (including phenoxy) is 1. The van der Waals surface area contributed by atoms with Crippen molar-refractivity contribution >= 4 is 0 Å². The molecule has 1 saturated carbocycles. The lowest BCUT2D eigenvalue weighted by Crippen LogP contribution is -2.14. The molecule has 0 saturated heterocycles. The Morgan fingerprint density at radius 2 is 1.08 bits per heavy atom. The molecule has 0 aromatic heterocycles. The van der Waals surface area contributed by atoms with Crippen LogP contribution in [0.1, 0.15) is 135 Å². The topological polar surface area (TPSA) is 29.5 Å². The molecule has 1 fully saturated rings. The minimum Gasteiger partial charge on any atom is -0.393 e. The van der Waals surface area contributed by atoms with Gasteiger partial charge in [-0.3, -0.25) is 0 Å². The maximum atomic E-state index is 10.0. The van der Waals surface area contributed by atoms with Gasteiger partial charge < -0.3 is 9.84 Å². The molecule has 1 aliphatic carbocycles. The highest BCUT2D eigenvalue weighted by molar-refractivity contribution is 4.62. The van der Waals surface area contributed by atoms with Gasteiger partial charge in [0.15, 0.2) is 0 Å². The van der Waals surface area contributed by atoms with Crippen molar-refractivity contribution in [3.63, 3.8) is 0 Å². The molecule has 2 heteroatoms. The van der Waals surface area contributed by atoms with Crippen molar-refractivity contribution in [2.24, 2.45) is 0 Å². The Bertz CT molecular complexity index is 259. The third-order valence-corrected chi connectivity index (χ3v) is 5.98. The molecule has 156 valence electrons. The molecule has 1 aliphatic rings. The maximum Gasteiger partial charge on any atom is 0.0575 e. The highest BCUT2D eigenvalue weighted by Crippen LogP contribution is 2.19. The standard InChI is InChI=1S/C24H48O2/c1-2-3-4-17-22-26-24-20-15-11-7-5-9-13-18-23(25)19-14-10-6-8-12-16-21-24/h23-25H,2-22H2,1H3. The van der Waals surface area contributed by atoms with Gasteiger partial charge in [-0.05, 0) is 32.1 Å². The van der Waals surface area contributed by atoms with Crippen molar-refractivity contribution in [3.05, 3.63) is 0 Å². The van der Waals surface area contributed by atoms with Crippen LogP contribution in [0, 0.1) is 0 Å². The molecule has 0 radical (unpaired) electrons. The fraction of sp³-hybridized carbons (Fsp3) is 1.00. The van der Waals surface area contributed by atoms with Crippen LogP contribution in [0.25, 0.3) is 0 Å². The van der Waals surface area contributed by atoms with Gasteiger partial charge in [-0.25, -0.2) is 0 Å². The lowest BCUT2D eigenvalue weighted by Gasteiger charge is -2.18. The number of hydrogen-bond donors (Lipinski definition) is 1. The summed E-state index contributed by atoms with van der Waals surface area (Å²) < 4.78 is 6.25. The van der Waals surface area contributed by atoms with E-state index < -0.39 is 0 Å². The van der Waals surface area contributed by atoms with Crippen LogP contribution in [0.15, 0.2) is 0 Å². The summed E-state index contributed by atoms with van der Waals surface area (Å²) in [7, 11) is 0. The SMILES string of the molecule is CCCCCCOC1CCCCCCCCC(O)CCCCCCCC1. The fourth-order valence-corrected chi connectivity index (χ4v) is 4.15. The molecule has 0 heterocycles. The van der Waals surface area contributed by atoms with Gasteiger partial charge in [0.25, 0.3) is 0 Å². The molecule has 0 unspecified atom stereocenters. The van der Waals surface area contributed by atoms with Crippen LogP contribution < -0.4 is 0 Å². The number of aliphatic hydroxyl groups excluding tert-OH is 1. The molecule has 0 aromatic carbocycles. The number of hydrogen-bond acceptors (Lipinski definition) is 2. The maximum absolute atomic E-state index is 10.0. The summed E-state index contributed by atoms with van der Waals surface area (Å²) in [5, 5.41) is 10.0. The normalized spacial score (nSPS) is 26.1. The molecule has 0 aromatic rings. The minimum atomic E-state index is -0.0379. The van der Waals surface area contributed by atoms with Crippen LogP contribution in [-0.2, 0) is 4.74 Å². The third-order valence-electron chi connectivity index (χ3n) is 5.98. The predicted molar refractivity (Wildman–Crippen MR) is 114 cm³/mol. The number of unbranched alkanes of at least 4 members (excludes halogenated alkanes) is 3. The lowest BCUT2D eigenvalue weighted by atomic mass is 9.99. The summed E-state index contributed by atoms with van der Waals surface area (Å²) in [4.78, 5) is 0. The number of aliphatic hydroxyl groups is 1. The van der Waals surface area contributed by atoms with Gasteiger partial charge in [0, 0.05) is 6.61 Å². The van der Waals surface area contributed by atoms with Crippen molar-refractivity contribution in [1.82, 2.24) is 0 Å². The first-order valence-electron chi connectivity index (χ1n) is 12.1. The third kappa shape index (κ3) is 15.0. The van der Waals surface area contributed by atoms with Crippen LogP contribution >= 0.6 is 0 Å². The van der Waals surface area contributed by atoms with E-state index in [0.29, 0.717) is 6.10 Å². The minimum absolute atomic E-state index is 0.0379. The van der Waals surface area contributed by atoms with E-state index in [4.69, 9.17) is 4.74 Å². The monoisotopic (exact) mass is 368 g/mol. The van der Waals surface area contributed by atoms with Gasteiger partial charge >= 0.3 is 0 Å². The van der Waals surface area contributed by atoms with Crippen LogP contribution in [0.2, 0.25) is 0 Å². The average Bonchev–Trinajstić information content (AvgIpc) is 2.64. The molecular weight excluding hydrogens is 320 g/mol. The van der Waals surface area contributed by atoms with Gasteiger partial charge in [0.2, 0.25) is 0 Å².